The Balaban J connectivity index is 1.17. The number of rotatable bonds is 3. The van der Waals surface area contributed by atoms with Gasteiger partial charge in [-0.1, -0.05) is 103 Å². The van der Waals surface area contributed by atoms with Gasteiger partial charge in [-0.3, -0.25) is 0 Å². The average Bonchev–Trinajstić information content (AvgIpc) is 3.72. The Morgan fingerprint density at radius 2 is 0.755 bits per heavy atom. The Kier molecular flexibility index (Phi) is 5.38. The van der Waals surface area contributed by atoms with E-state index in [0.29, 0.717) is 0 Å². The molecule has 0 unspecified atom stereocenters. The first-order valence-corrected chi connectivity index (χ1v) is 16.7. The normalized spacial score (nSPS) is 12.1. The van der Waals surface area contributed by atoms with E-state index in [-0.39, 0.29) is 0 Å². The topological polar surface area (TPSA) is 29.5 Å². The van der Waals surface area contributed by atoms with Crippen LogP contribution in [0.15, 0.2) is 173 Å². The van der Waals surface area contributed by atoms with Crippen LogP contribution in [0.5, 0.6) is 0 Å². The number of fused-ring (bicyclic) bond motifs is 13. The molecule has 11 aromatic rings. The number of anilines is 3. The van der Waals surface area contributed by atoms with Gasteiger partial charge in [-0.2, -0.15) is 0 Å². The first kappa shape index (κ1) is 26.5. The van der Waals surface area contributed by atoms with E-state index in [0.717, 1.165) is 66.3 Å². The number of hydrogen-bond acceptors (Lipinski definition) is 3. The van der Waals surface area contributed by atoms with Crippen LogP contribution in [0.4, 0.5) is 17.1 Å². The van der Waals surface area contributed by atoms with Crippen molar-refractivity contribution < 1.29 is 8.83 Å². The summed E-state index contributed by atoms with van der Waals surface area (Å²) < 4.78 is 13.1. The average molecular weight is 626 g/mol. The molecule has 0 aliphatic carbocycles. The minimum Gasteiger partial charge on any atom is -0.456 e. The van der Waals surface area contributed by atoms with Crippen molar-refractivity contribution >= 4 is 104 Å². The van der Waals surface area contributed by atoms with Gasteiger partial charge in [-0.15, -0.1) is 0 Å². The quantitative estimate of drug-likeness (QED) is 0.183. The lowest BCUT2D eigenvalue weighted by atomic mass is 9.96. The third-order valence-corrected chi connectivity index (χ3v) is 10.2. The fourth-order valence-corrected chi connectivity index (χ4v) is 7.88. The van der Waals surface area contributed by atoms with Crippen LogP contribution in [0.1, 0.15) is 0 Å². The van der Waals surface area contributed by atoms with Gasteiger partial charge in [-0.25, -0.2) is 0 Å². The zero-order chi connectivity index (χ0) is 32.1. The summed E-state index contributed by atoms with van der Waals surface area (Å²) >= 11 is 0. The maximum atomic E-state index is 6.66. The fourth-order valence-electron chi connectivity index (χ4n) is 7.88. The molecule has 2 aromatic heterocycles. The van der Waals surface area contributed by atoms with E-state index >= 15 is 0 Å². The van der Waals surface area contributed by atoms with Crippen molar-refractivity contribution in [3.8, 4) is 0 Å². The lowest BCUT2D eigenvalue weighted by Crippen LogP contribution is -2.09. The van der Waals surface area contributed by atoms with Crippen LogP contribution >= 0.6 is 0 Å². The van der Waals surface area contributed by atoms with Gasteiger partial charge in [0.25, 0.3) is 0 Å². The molecule has 0 aliphatic rings. The Labute approximate surface area is 280 Å². The Morgan fingerprint density at radius 3 is 1.53 bits per heavy atom. The molecule has 11 rings (SSSR count). The van der Waals surface area contributed by atoms with Crippen molar-refractivity contribution in [3.63, 3.8) is 0 Å². The van der Waals surface area contributed by atoms with E-state index in [2.05, 4.69) is 157 Å². The van der Waals surface area contributed by atoms with Gasteiger partial charge in [0.2, 0.25) is 0 Å². The van der Waals surface area contributed by atoms with Gasteiger partial charge in [0.1, 0.15) is 22.3 Å². The monoisotopic (exact) mass is 625 g/mol. The molecule has 49 heavy (non-hydrogen) atoms. The van der Waals surface area contributed by atoms with Gasteiger partial charge in [0.15, 0.2) is 0 Å². The molecule has 0 bridgehead atoms. The molecule has 0 N–H and O–H groups in total. The van der Waals surface area contributed by atoms with Crippen molar-refractivity contribution in [2.75, 3.05) is 4.90 Å². The van der Waals surface area contributed by atoms with Gasteiger partial charge in [0.05, 0.1) is 0 Å². The van der Waals surface area contributed by atoms with E-state index in [4.69, 9.17) is 8.83 Å². The molecule has 3 heteroatoms. The Morgan fingerprint density at radius 1 is 0.286 bits per heavy atom. The molecule has 0 atom stereocenters. The van der Waals surface area contributed by atoms with Crippen molar-refractivity contribution in [1.82, 2.24) is 0 Å². The molecule has 0 fully saturated rings. The summed E-state index contributed by atoms with van der Waals surface area (Å²) in [5.41, 5.74) is 6.61. The van der Waals surface area contributed by atoms with Gasteiger partial charge < -0.3 is 13.7 Å². The molecule has 2 heterocycles. The summed E-state index contributed by atoms with van der Waals surface area (Å²) in [5.74, 6) is 0. The maximum Gasteiger partial charge on any atom is 0.143 e. The standard InChI is InChI=1S/C46H27NO2/c1-3-9-34-28(7-1)14-21-37-36(34)20-15-30-13-17-31(25-42(30)37)47(32-18-23-39-38-11-5-6-12-43(38)48-44(39)26-32)33-19-24-40-41-22-16-29-8-2-4-10-35(29)46(41)49-45(40)27-33/h1-27H. The van der Waals surface area contributed by atoms with Crippen molar-refractivity contribution in [2.45, 2.75) is 0 Å². The van der Waals surface area contributed by atoms with Crippen LogP contribution in [0.3, 0.4) is 0 Å². The highest BCUT2D eigenvalue weighted by Gasteiger charge is 2.19. The van der Waals surface area contributed by atoms with Gasteiger partial charge in [-0.05, 0) is 86.2 Å². The summed E-state index contributed by atoms with van der Waals surface area (Å²) in [6.07, 6.45) is 0. The van der Waals surface area contributed by atoms with Crippen LogP contribution in [-0.4, -0.2) is 0 Å². The second-order valence-electron chi connectivity index (χ2n) is 12.9. The Bertz CT molecular complexity index is 3130. The molecular formula is C46H27NO2. The van der Waals surface area contributed by atoms with Gasteiger partial charge in [0, 0.05) is 56.1 Å². The molecule has 0 radical (unpaired) electrons. The SMILES string of the molecule is c1ccc2c(c1)ccc1c3cc(N(c4ccc5c(c4)oc4ccccc45)c4ccc5c(c4)oc4c6ccccc6ccc54)ccc3ccc21. The first-order valence-electron chi connectivity index (χ1n) is 16.7. The summed E-state index contributed by atoms with van der Waals surface area (Å²) in [4.78, 5) is 2.32. The molecule has 0 saturated heterocycles. The largest absolute Gasteiger partial charge is 0.456 e. The highest BCUT2D eigenvalue weighted by Crippen LogP contribution is 2.43. The zero-order valence-electron chi connectivity index (χ0n) is 26.4. The summed E-state index contributed by atoms with van der Waals surface area (Å²) in [6.45, 7) is 0. The van der Waals surface area contributed by atoms with Crippen molar-refractivity contribution in [1.29, 1.82) is 0 Å². The molecule has 228 valence electrons. The van der Waals surface area contributed by atoms with Crippen LogP contribution in [0, 0.1) is 0 Å². The molecule has 9 aromatic carbocycles. The number of hydrogen-bond donors (Lipinski definition) is 0. The summed E-state index contributed by atoms with van der Waals surface area (Å²) in [7, 11) is 0. The predicted octanol–water partition coefficient (Wildman–Crippen LogP) is 13.6. The second kappa shape index (κ2) is 9.96. The molecule has 3 nitrogen and oxygen atoms in total. The van der Waals surface area contributed by atoms with Crippen LogP contribution < -0.4 is 4.90 Å². The lowest BCUT2D eigenvalue weighted by molar-refractivity contribution is 0.669. The molecule has 0 aliphatic heterocycles. The van der Waals surface area contributed by atoms with E-state index in [1.54, 1.807) is 0 Å². The van der Waals surface area contributed by atoms with Crippen molar-refractivity contribution in [3.05, 3.63) is 164 Å². The van der Waals surface area contributed by atoms with Crippen LogP contribution in [0.2, 0.25) is 0 Å². The minimum atomic E-state index is 0.858. The summed E-state index contributed by atoms with van der Waals surface area (Å²) in [6, 6.07) is 58.5. The smallest absolute Gasteiger partial charge is 0.143 e. The summed E-state index contributed by atoms with van der Waals surface area (Å²) in [5, 5.41) is 14.2. The van der Waals surface area contributed by atoms with E-state index in [1.807, 2.05) is 12.1 Å². The number of furan rings is 2. The maximum absolute atomic E-state index is 6.66. The molecular weight excluding hydrogens is 599 g/mol. The molecule has 0 saturated carbocycles. The fraction of sp³-hybridized carbons (Fsp3) is 0. The Hall–Kier alpha value is -6.58. The number of para-hydroxylation sites is 1. The minimum absolute atomic E-state index is 0.858. The highest BCUT2D eigenvalue weighted by molar-refractivity contribution is 6.18. The van der Waals surface area contributed by atoms with Crippen LogP contribution in [-0.2, 0) is 0 Å². The second-order valence-corrected chi connectivity index (χ2v) is 12.9. The van der Waals surface area contributed by atoms with E-state index in [1.165, 1.54) is 37.7 Å². The highest BCUT2D eigenvalue weighted by atomic mass is 16.3. The third kappa shape index (κ3) is 3.90. The van der Waals surface area contributed by atoms with Gasteiger partial charge >= 0.3 is 0 Å². The first-order chi connectivity index (χ1) is 24.3. The lowest BCUT2D eigenvalue weighted by Gasteiger charge is -2.26. The van der Waals surface area contributed by atoms with E-state index in [9.17, 15) is 0 Å². The predicted molar refractivity (Wildman–Crippen MR) is 206 cm³/mol. The van der Waals surface area contributed by atoms with Crippen molar-refractivity contribution in [2.24, 2.45) is 0 Å². The zero-order valence-corrected chi connectivity index (χ0v) is 26.4. The van der Waals surface area contributed by atoms with Crippen LogP contribution in [0.25, 0.3) is 87.0 Å². The molecule has 0 amide bonds. The number of benzene rings is 9. The number of nitrogens with zero attached hydrogens (tertiary/aromatic N) is 1. The third-order valence-electron chi connectivity index (χ3n) is 10.2. The van der Waals surface area contributed by atoms with E-state index < -0.39 is 0 Å². The molecule has 0 spiro atoms.